The van der Waals surface area contributed by atoms with E-state index in [-0.39, 0.29) is 9.27 Å². The molecule has 2 rings (SSSR count). The lowest BCUT2D eigenvalue weighted by Crippen LogP contribution is -2.38. The van der Waals surface area contributed by atoms with Crippen LogP contribution in [-0.4, -0.2) is 26.7 Å². The summed E-state index contributed by atoms with van der Waals surface area (Å²) in [6, 6.07) is 5.55. The number of nitrogens with one attached hydrogen (secondary N) is 2. The highest BCUT2D eigenvalue weighted by molar-refractivity contribution is 8.35. The van der Waals surface area contributed by atoms with E-state index in [1.165, 1.54) is 24.3 Å². The maximum Gasteiger partial charge on any atom is 0.263 e. The first-order chi connectivity index (χ1) is 9.18. The van der Waals surface area contributed by atoms with Gasteiger partial charge in [-0.15, -0.1) is 0 Å². The molecule has 1 atom stereocenters. The zero-order valence-electron chi connectivity index (χ0n) is 9.85. The third kappa shape index (κ3) is 3.40. The molecule has 1 heterocycles. The zero-order valence-corrected chi connectivity index (χ0v) is 12.3. The van der Waals surface area contributed by atoms with Crippen molar-refractivity contribution in [2.45, 2.75) is 10.4 Å². The number of nitrogen functional groups attached to an aromatic ring is 1. The molecule has 0 fully saturated rings. The molecule has 1 aliphatic rings. The maximum absolute atomic E-state index is 12.0. The van der Waals surface area contributed by atoms with Gasteiger partial charge in [-0.2, -0.15) is 9.82 Å². The number of anilines is 1. The number of hydrogen-bond acceptors (Lipinski definition) is 8. The molecule has 20 heavy (non-hydrogen) atoms. The summed E-state index contributed by atoms with van der Waals surface area (Å²) in [5.74, 6) is 0. The van der Waals surface area contributed by atoms with Crippen molar-refractivity contribution in [1.29, 1.82) is 0 Å². The van der Waals surface area contributed by atoms with Crippen molar-refractivity contribution in [2.75, 3.05) is 5.73 Å². The number of hydrazone groups is 1. The van der Waals surface area contributed by atoms with Crippen LogP contribution in [0.2, 0.25) is 0 Å². The fraction of sp³-hybridized carbons (Fsp3) is 0.125. The first kappa shape index (κ1) is 15.1. The molecule has 0 aromatic heterocycles. The second-order valence-electron chi connectivity index (χ2n) is 3.74. The standard InChI is InChI=1S/C8H11N5O4S3/c9-5-1-3-6(4-2-5)20(16,17)13-7-11-12-8(18-7)19(10,14)15/h1-4,7,11,13H,9H2,(H2,10,14,15). The summed E-state index contributed by atoms with van der Waals surface area (Å²) in [6.45, 7) is 0. The average Bonchev–Trinajstić information content (AvgIpc) is 2.77. The third-order valence-electron chi connectivity index (χ3n) is 2.19. The van der Waals surface area contributed by atoms with Crippen molar-refractivity contribution in [3.63, 3.8) is 0 Å². The monoisotopic (exact) mass is 337 g/mol. The van der Waals surface area contributed by atoms with Crippen LogP contribution in [0.1, 0.15) is 0 Å². The fourth-order valence-electron chi connectivity index (χ4n) is 1.30. The number of nitrogens with zero attached hydrogens (tertiary/aromatic N) is 1. The molecule has 0 radical (unpaired) electrons. The Morgan fingerprint density at radius 3 is 2.30 bits per heavy atom. The number of primary sulfonamides is 1. The first-order valence-electron chi connectivity index (χ1n) is 5.09. The van der Waals surface area contributed by atoms with Gasteiger partial charge in [-0.05, 0) is 36.0 Å². The Bertz CT molecular complexity index is 741. The van der Waals surface area contributed by atoms with Crippen molar-refractivity contribution in [3.8, 4) is 0 Å². The van der Waals surface area contributed by atoms with Gasteiger partial charge in [-0.1, -0.05) is 0 Å². The molecule has 0 amide bonds. The molecule has 0 spiro atoms. The van der Waals surface area contributed by atoms with Gasteiger partial charge in [0, 0.05) is 5.69 Å². The molecule has 1 aromatic rings. The molecule has 1 unspecified atom stereocenters. The molecule has 1 aromatic carbocycles. The van der Waals surface area contributed by atoms with Crippen molar-refractivity contribution in [1.82, 2.24) is 10.1 Å². The van der Waals surface area contributed by atoms with E-state index < -0.39 is 25.5 Å². The van der Waals surface area contributed by atoms with Crippen molar-refractivity contribution in [2.24, 2.45) is 10.2 Å². The fourth-order valence-corrected chi connectivity index (χ4v) is 4.26. The minimum atomic E-state index is -3.96. The lowest BCUT2D eigenvalue weighted by molar-refractivity contribution is 0.566. The first-order valence-corrected chi connectivity index (χ1v) is 9.00. The summed E-state index contributed by atoms with van der Waals surface area (Å²) in [5.41, 5.74) is 7.27. The molecule has 0 aliphatic carbocycles. The Kier molecular flexibility index (Phi) is 3.93. The SMILES string of the molecule is Nc1ccc(S(=O)(=O)NC2NN=C(S(N)(=O)=O)S2)cc1. The van der Waals surface area contributed by atoms with Gasteiger partial charge < -0.3 is 5.73 Å². The highest BCUT2D eigenvalue weighted by Crippen LogP contribution is 2.20. The summed E-state index contributed by atoms with van der Waals surface area (Å²) in [4.78, 5) is -0.00171. The predicted octanol–water partition coefficient (Wildman–Crippen LogP) is -1.27. The van der Waals surface area contributed by atoms with Gasteiger partial charge in [0.05, 0.1) is 4.90 Å². The topological polar surface area (TPSA) is 157 Å². The van der Waals surface area contributed by atoms with Crippen LogP contribution in [0.15, 0.2) is 34.3 Å². The molecular formula is C8H11N5O4S3. The van der Waals surface area contributed by atoms with E-state index >= 15 is 0 Å². The van der Waals surface area contributed by atoms with Crippen LogP contribution < -0.4 is 21.0 Å². The Labute approximate surface area is 119 Å². The molecule has 12 heteroatoms. The second-order valence-corrected chi connectivity index (χ2v) is 8.28. The van der Waals surface area contributed by atoms with Crippen molar-refractivity contribution in [3.05, 3.63) is 24.3 Å². The number of rotatable bonds is 3. The summed E-state index contributed by atoms with van der Waals surface area (Å²) < 4.78 is 48.0. The number of nitrogens with two attached hydrogens (primary N) is 2. The largest absolute Gasteiger partial charge is 0.399 e. The molecule has 0 saturated heterocycles. The lowest BCUT2D eigenvalue weighted by atomic mass is 10.3. The van der Waals surface area contributed by atoms with Crippen LogP contribution in [0.25, 0.3) is 0 Å². The molecule has 9 nitrogen and oxygen atoms in total. The smallest absolute Gasteiger partial charge is 0.263 e. The van der Waals surface area contributed by atoms with Crippen LogP contribution in [0, 0.1) is 0 Å². The molecule has 6 N–H and O–H groups in total. The van der Waals surface area contributed by atoms with E-state index in [9.17, 15) is 16.8 Å². The number of sulfonamides is 2. The molecule has 0 saturated carbocycles. The van der Waals surface area contributed by atoms with E-state index in [0.717, 1.165) is 0 Å². The highest BCUT2D eigenvalue weighted by Gasteiger charge is 2.30. The van der Waals surface area contributed by atoms with E-state index in [1.807, 2.05) is 0 Å². The highest BCUT2D eigenvalue weighted by atomic mass is 32.3. The van der Waals surface area contributed by atoms with Gasteiger partial charge in [-0.25, -0.2) is 22.0 Å². The number of hydrogen-bond donors (Lipinski definition) is 4. The van der Waals surface area contributed by atoms with Gasteiger partial charge in [0.2, 0.25) is 14.4 Å². The van der Waals surface area contributed by atoms with E-state index in [0.29, 0.717) is 17.4 Å². The predicted molar refractivity (Wildman–Crippen MR) is 76.2 cm³/mol. The minimum Gasteiger partial charge on any atom is -0.399 e. The molecular weight excluding hydrogens is 326 g/mol. The summed E-state index contributed by atoms with van der Waals surface area (Å²) >= 11 is 0.653. The molecule has 0 bridgehead atoms. The van der Waals surface area contributed by atoms with Gasteiger partial charge in [0.15, 0.2) is 5.50 Å². The normalized spacial score (nSPS) is 19.4. The Morgan fingerprint density at radius 1 is 1.20 bits per heavy atom. The van der Waals surface area contributed by atoms with Crippen LogP contribution in [-0.2, 0) is 20.0 Å². The average molecular weight is 337 g/mol. The minimum absolute atomic E-state index is 0.00171. The van der Waals surface area contributed by atoms with E-state index in [4.69, 9.17) is 10.9 Å². The summed E-state index contributed by atoms with van der Waals surface area (Å²) in [7, 11) is -7.79. The Hall–Kier alpha value is -1.34. The van der Waals surface area contributed by atoms with Gasteiger partial charge in [-0.3, -0.25) is 5.43 Å². The van der Waals surface area contributed by atoms with Gasteiger partial charge >= 0.3 is 0 Å². The number of thioether (sulfide) groups is 1. The van der Waals surface area contributed by atoms with Crippen molar-refractivity contribution >= 4 is 41.9 Å². The van der Waals surface area contributed by atoms with Gasteiger partial charge in [0.25, 0.3) is 10.0 Å². The van der Waals surface area contributed by atoms with Crippen LogP contribution >= 0.6 is 11.8 Å². The van der Waals surface area contributed by atoms with Crippen LogP contribution in [0.3, 0.4) is 0 Å². The Morgan fingerprint density at radius 2 is 1.80 bits per heavy atom. The number of benzene rings is 1. The Balaban J connectivity index is 2.10. The zero-order chi connectivity index (χ0) is 15.0. The van der Waals surface area contributed by atoms with Gasteiger partial charge in [0.1, 0.15) is 0 Å². The van der Waals surface area contributed by atoms with E-state index in [1.54, 1.807) is 0 Å². The second kappa shape index (κ2) is 5.21. The van der Waals surface area contributed by atoms with Crippen molar-refractivity contribution < 1.29 is 16.8 Å². The van der Waals surface area contributed by atoms with Crippen LogP contribution in [0.4, 0.5) is 5.69 Å². The van der Waals surface area contributed by atoms with Crippen LogP contribution in [0.5, 0.6) is 0 Å². The van der Waals surface area contributed by atoms with E-state index in [2.05, 4.69) is 15.2 Å². The lowest BCUT2D eigenvalue weighted by Gasteiger charge is -2.12. The quantitative estimate of drug-likeness (QED) is 0.501. The molecule has 110 valence electrons. The summed E-state index contributed by atoms with van der Waals surface area (Å²) in [5, 5.41) is 8.33. The molecule has 1 aliphatic heterocycles. The third-order valence-corrected chi connectivity index (χ3v) is 6.09. The maximum atomic E-state index is 12.0. The summed E-state index contributed by atoms with van der Waals surface area (Å²) in [6.07, 6.45) is 0.